The van der Waals surface area contributed by atoms with E-state index in [1.807, 2.05) is 4.90 Å². The van der Waals surface area contributed by atoms with E-state index in [0.717, 1.165) is 5.56 Å². The van der Waals surface area contributed by atoms with Crippen molar-refractivity contribution in [1.82, 2.24) is 10.2 Å². The van der Waals surface area contributed by atoms with Crippen molar-refractivity contribution in [3.63, 3.8) is 0 Å². The van der Waals surface area contributed by atoms with Gasteiger partial charge in [0, 0.05) is 13.1 Å². The molecule has 1 aliphatic heterocycles. The Hall–Kier alpha value is -1.95. The number of amides is 1. The molecule has 5 nitrogen and oxygen atoms in total. The molecule has 21 heavy (non-hydrogen) atoms. The number of piperidine rings is 1. The number of aliphatic carboxylic acids is 1. The Morgan fingerprint density at radius 2 is 1.86 bits per heavy atom. The molecule has 114 valence electrons. The molecule has 0 radical (unpaired) electrons. The number of nitrogens with one attached hydrogen (secondary N) is 1. The lowest BCUT2D eigenvalue weighted by Gasteiger charge is -2.29. The molecule has 2 N–H and O–H groups in total. The van der Waals surface area contributed by atoms with Gasteiger partial charge in [0.05, 0.1) is 19.0 Å². The van der Waals surface area contributed by atoms with Gasteiger partial charge in [-0.05, 0) is 30.5 Å². The molecule has 1 amide bonds. The van der Waals surface area contributed by atoms with E-state index < -0.39 is 5.97 Å². The first kappa shape index (κ1) is 15.4. The Labute approximate surface area is 122 Å². The van der Waals surface area contributed by atoms with E-state index in [0.29, 0.717) is 32.6 Å². The topological polar surface area (TPSA) is 69.6 Å². The van der Waals surface area contributed by atoms with E-state index in [1.54, 1.807) is 12.1 Å². The van der Waals surface area contributed by atoms with Crippen molar-refractivity contribution in [1.29, 1.82) is 0 Å². The van der Waals surface area contributed by atoms with E-state index in [4.69, 9.17) is 5.11 Å². The molecule has 6 heteroatoms. The van der Waals surface area contributed by atoms with E-state index in [-0.39, 0.29) is 24.1 Å². The Kier molecular flexibility index (Phi) is 5.27. The summed E-state index contributed by atoms with van der Waals surface area (Å²) in [6.07, 6.45) is 1.44. The Bertz CT molecular complexity index is 496. The summed E-state index contributed by atoms with van der Waals surface area (Å²) in [6.45, 7) is 1.77. The number of carboxylic acid groups (broad SMARTS) is 1. The minimum absolute atomic E-state index is 0.123. The standard InChI is InChI=1S/C15H19FN2O3/c16-13-3-1-11(2-4-13)9-14(19)17-10-18-7-5-12(6-8-18)15(20)21/h1-4,12H,5-10H2,(H,17,19)(H,20,21). The molecule has 0 aromatic heterocycles. The highest BCUT2D eigenvalue weighted by Crippen LogP contribution is 2.16. The van der Waals surface area contributed by atoms with Gasteiger partial charge in [-0.3, -0.25) is 14.5 Å². The van der Waals surface area contributed by atoms with Crippen molar-refractivity contribution >= 4 is 11.9 Å². The van der Waals surface area contributed by atoms with E-state index >= 15 is 0 Å². The molecule has 1 aromatic rings. The maximum absolute atomic E-state index is 12.8. The average Bonchev–Trinajstić information content (AvgIpc) is 2.48. The lowest BCUT2D eigenvalue weighted by Crippen LogP contribution is -2.43. The fourth-order valence-corrected chi connectivity index (χ4v) is 2.39. The van der Waals surface area contributed by atoms with Crippen molar-refractivity contribution in [3.8, 4) is 0 Å². The molecule has 1 saturated heterocycles. The lowest BCUT2D eigenvalue weighted by atomic mass is 9.97. The Morgan fingerprint density at radius 3 is 2.43 bits per heavy atom. The van der Waals surface area contributed by atoms with Gasteiger partial charge >= 0.3 is 5.97 Å². The van der Waals surface area contributed by atoms with E-state index in [9.17, 15) is 14.0 Å². The highest BCUT2D eigenvalue weighted by atomic mass is 19.1. The number of hydrogen-bond donors (Lipinski definition) is 2. The number of rotatable bonds is 5. The molecule has 0 bridgehead atoms. The number of carbonyl (C=O) groups excluding carboxylic acids is 1. The van der Waals surface area contributed by atoms with Crippen LogP contribution in [0.4, 0.5) is 4.39 Å². The van der Waals surface area contributed by atoms with Crippen LogP contribution in [0.25, 0.3) is 0 Å². The van der Waals surface area contributed by atoms with Gasteiger partial charge in [-0.15, -0.1) is 0 Å². The van der Waals surface area contributed by atoms with Crippen LogP contribution >= 0.6 is 0 Å². The minimum Gasteiger partial charge on any atom is -0.481 e. The molecule has 2 rings (SSSR count). The normalized spacial score (nSPS) is 16.6. The Balaban J connectivity index is 1.70. The first-order chi connectivity index (χ1) is 10.0. The summed E-state index contributed by atoms with van der Waals surface area (Å²) >= 11 is 0. The third kappa shape index (κ3) is 4.82. The van der Waals surface area contributed by atoms with Gasteiger partial charge in [0.15, 0.2) is 0 Å². The lowest BCUT2D eigenvalue weighted by molar-refractivity contribution is -0.143. The summed E-state index contributed by atoms with van der Waals surface area (Å²) in [4.78, 5) is 24.7. The average molecular weight is 294 g/mol. The molecule has 0 unspecified atom stereocenters. The second-order valence-electron chi connectivity index (χ2n) is 5.29. The maximum Gasteiger partial charge on any atom is 0.306 e. The van der Waals surface area contributed by atoms with Crippen molar-refractivity contribution in [2.24, 2.45) is 5.92 Å². The van der Waals surface area contributed by atoms with Crippen LogP contribution in [0.15, 0.2) is 24.3 Å². The molecule has 1 aromatic carbocycles. The van der Waals surface area contributed by atoms with Gasteiger partial charge in [0.2, 0.25) is 5.91 Å². The summed E-state index contributed by atoms with van der Waals surface area (Å²) in [6, 6.07) is 5.85. The maximum atomic E-state index is 12.8. The predicted molar refractivity (Wildman–Crippen MR) is 75.0 cm³/mol. The summed E-state index contributed by atoms with van der Waals surface area (Å²) in [5.41, 5.74) is 0.762. The fourth-order valence-electron chi connectivity index (χ4n) is 2.39. The number of halogens is 1. The fraction of sp³-hybridized carbons (Fsp3) is 0.467. The van der Waals surface area contributed by atoms with Gasteiger partial charge < -0.3 is 10.4 Å². The summed E-state index contributed by atoms with van der Waals surface area (Å²) < 4.78 is 12.8. The number of carbonyl (C=O) groups is 2. The molecule has 0 aliphatic carbocycles. The Morgan fingerprint density at radius 1 is 1.24 bits per heavy atom. The largest absolute Gasteiger partial charge is 0.481 e. The van der Waals surface area contributed by atoms with Crippen LogP contribution in [0.2, 0.25) is 0 Å². The zero-order valence-electron chi connectivity index (χ0n) is 11.7. The highest BCUT2D eigenvalue weighted by Gasteiger charge is 2.24. The number of nitrogens with zero attached hydrogens (tertiary/aromatic N) is 1. The van der Waals surface area contributed by atoms with Crippen LogP contribution in [0.5, 0.6) is 0 Å². The molecule has 0 atom stereocenters. The van der Waals surface area contributed by atoms with Gasteiger partial charge in [-0.2, -0.15) is 0 Å². The third-order valence-electron chi connectivity index (χ3n) is 3.71. The zero-order chi connectivity index (χ0) is 15.2. The van der Waals surface area contributed by atoms with Crippen molar-refractivity contribution in [2.75, 3.05) is 19.8 Å². The van der Waals surface area contributed by atoms with Crippen molar-refractivity contribution in [3.05, 3.63) is 35.6 Å². The minimum atomic E-state index is -0.741. The molecule has 0 saturated carbocycles. The predicted octanol–water partition coefficient (Wildman–Crippen LogP) is 1.24. The molecular weight excluding hydrogens is 275 g/mol. The van der Waals surface area contributed by atoms with Crippen LogP contribution in [-0.4, -0.2) is 41.6 Å². The number of carboxylic acids is 1. The number of hydrogen-bond acceptors (Lipinski definition) is 3. The second-order valence-corrected chi connectivity index (χ2v) is 5.29. The van der Waals surface area contributed by atoms with Crippen molar-refractivity contribution < 1.29 is 19.1 Å². The summed E-state index contributed by atoms with van der Waals surface area (Å²) in [7, 11) is 0. The second kappa shape index (κ2) is 7.17. The van der Waals surface area contributed by atoms with Gasteiger partial charge in [0.1, 0.15) is 5.82 Å². The van der Waals surface area contributed by atoms with E-state index in [2.05, 4.69) is 5.32 Å². The zero-order valence-corrected chi connectivity index (χ0v) is 11.7. The molecule has 0 spiro atoms. The van der Waals surface area contributed by atoms with Gasteiger partial charge in [-0.1, -0.05) is 12.1 Å². The smallest absolute Gasteiger partial charge is 0.306 e. The van der Waals surface area contributed by atoms with Crippen LogP contribution in [0.3, 0.4) is 0 Å². The monoisotopic (exact) mass is 294 g/mol. The summed E-state index contributed by atoms with van der Waals surface area (Å²) in [5.74, 6) is -1.45. The van der Waals surface area contributed by atoms with Gasteiger partial charge in [-0.25, -0.2) is 4.39 Å². The quantitative estimate of drug-likeness (QED) is 0.857. The van der Waals surface area contributed by atoms with Crippen LogP contribution in [-0.2, 0) is 16.0 Å². The first-order valence-corrected chi connectivity index (χ1v) is 7.01. The number of benzene rings is 1. The van der Waals surface area contributed by atoms with Crippen molar-refractivity contribution in [2.45, 2.75) is 19.3 Å². The highest BCUT2D eigenvalue weighted by molar-refractivity contribution is 5.78. The third-order valence-corrected chi connectivity index (χ3v) is 3.71. The summed E-state index contributed by atoms with van der Waals surface area (Å²) in [5, 5.41) is 11.7. The van der Waals surface area contributed by atoms with Crippen LogP contribution < -0.4 is 5.32 Å². The van der Waals surface area contributed by atoms with Crippen LogP contribution in [0.1, 0.15) is 18.4 Å². The SMILES string of the molecule is O=C(Cc1ccc(F)cc1)NCN1CCC(C(=O)O)CC1. The molecular formula is C15H19FN2O3. The first-order valence-electron chi connectivity index (χ1n) is 7.01. The molecule has 1 fully saturated rings. The van der Waals surface area contributed by atoms with Gasteiger partial charge in [0.25, 0.3) is 0 Å². The molecule has 1 aliphatic rings. The number of likely N-dealkylation sites (tertiary alicyclic amines) is 1. The van der Waals surface area contributed by atoms with E-state index in [1.165, 1.54) is 12.1 Å². The molecule has 1 heterocycles. The van der Waals surface area contributed by atoms with Crippen LogP contribution in [0, 0.1) is 11.7 Å².